The van der Waals surface area contributed by atoms with Crippen LogP contribution < -0.4 is 0 Å². The number of methoxy groups -OCH3 is 1. The monoisotopic (exact) mass is 364 g/mol. The zero-order valence-electron chi connectivity index (χ0n) is 16.4. The SMILES string of the molecule is COC[C@H]1C(=O)O[C@@H]2[C@@H]1C[C@H]1O[C@]1(C)CC/C=C(\C)CC/C=C(\C)[C@H]2O. The molecule has 0 radical (unpaired) electrons. The largest absolute Gasteiger partial charge is 0.459 e. The van der Waals surface area contributed by atoms with Crippen molar-refractivity contribution in [3.8, 4) is 0 Å². The van der Waals surface area contributed by atoms with Crippen molar-refractivity contribution < 1.29 is 24.1 Å². The molecule has 3 rings (SSSR count). The molecule has 5 nitrogen and oxygen atoms in total. The van der Waals surface area contributed by atoms with Gasteiger partial charge < -0.3 is 19.3 Å². The Morgan fingerprint density at radius 1 is 1.31 bits per heavy atom. The van der Waals surface area contributed by atoms with Crippen molar-refractivity contribution in [2.24, 2.45) is 11.8 Å². The van der Waals surface area contributed by atoms with E-state index >= 15 is 0 Å². The normalized spacial score (nSPS) is 45.3. The van der Waals surface area contributed by atoms with Gasteiger partial charge in [0.2, 0.25) is 0 Å². The number of hydrogen-bond acceptors (Lipinski definition) is 5. The maximum Gasteiger partial charge on any atom is 0.312 e. The highest BCUT2D eigenvalue weighted by Gasteiger charge is 2.57. The lowest BCUT2D eigenvalue weighted by Crippen LogP contribution is -2.36. The lowest BCUT2D eigenvalue weighted by Gasteiger charge is -2.25. The Labute approximate surface area is 156 Å². The summed E-state index contributed by atoms with van der Waals surface area (Å²) in [6.07, 6.45) is 7.75. The Morgan fingerprint density at radius 2 is 2.08 bits per heavy atom. The highest BCUT2D eigenvalue weighted by Crippen LogP contribution is 2.48. The molecule has 1 N–H and O–H groups in total. The van der Waals surface area contributed by atoms with E-state index in [-0.39, 0.29) is 29.5 Å². The molecule has 0 bridgehead atoms. The van der Waals surface area contributed by atoms with E-state index in [2.05, 4.69) is 26.0 Å². The van der Waals surface area contributed by atoms with Crippen LogP contribution in [0.5, 0.6) is 0 Å². The molecule has 0 unspecified atom stereocenters. The van der Waals surface area contributed by atoms with Crippen molar-refractivity contribution in [3.05, 3.63) is 23.3 Å². The van der Waals surface area contributed by atoms with Crippen LogP contribution in [0.2, 0.25) is 0 Å². The minimum absolute atomic E-state index is 0.0900. The summed E-state index contributed by atoms with van der Waals surface area (Å²) < 4.78 is 16.9. The minimum atomic E-state index is -0.775. The van der Waals surface area contributed by atoms with Gasteiger partial charge >= 0.3 is 5.97 Å². The fourth-order valence-electron chi connectivity index (χ4n) is 4.35. The summed E-state index contributed by atoms with van der Waals surface area (Å²) in [7, 11) is 1.59. The number of esters is 1. The smallest absolute Gasteiger partial charge is 0.312 e. The molecule has 2 fully saturated rings. The average molecular weight is 364 g/mol. The summed E-state index contributed by atoms with van der Waals surface area (Å²) >= 11 is 0. The quantitative estimate of drug-likeness (QED) is 0.463. The third kappa shape index (κ3) is 4.05. The summed E-state index contributed by atoms with van der Waals surface area (Å²) in [5.41, 5.74) is 2.10. The van der Waals surface area contributed by atoms with Crippen LogP contribution in [-0.4, -0.2) is 48.7 Å². The van der Waals surface area contributed by atoms with E-state index in [9.17, 15) is 9.90 Å². The van der Waals surface area contributed by atoms with Crippen molar-refractivity contribution in [2.45, 2.75) is 76.8 Å². The zero-order chi connectivity index (χ0) is 18.9. The number of rotatable bonds is 2. The van der Waals surface area contributed by atoms with E-state index in [1.54, 1.807) is 7.11 Å². The second-order valence-corrected chi connectivity index (χ2v) is 8.30. The van der Waals surface area contributed by atoms with Gasteiger partial charge in [0.15, 0.2) is 0 Å². The fraction of sp³-hybridized carbons (Fsp3) is 0.762. The number of fused-ring (bicyclic) bond motifs is 2. The van der Waals surface area contributed by atoms with Gasteiger partial charge in [-0.25, -0.2) is 0 Å². The summed E-state index contributed by atoms with van der Waals surface area (Å²) in [6, 6.07) is 0. The highest BCUT2D eigenvalue weighted by molar-refractivity contribution is 5.75. The number of carbonyl (C=O) groups is 1. The predicted molar refractivity (Wildman–Crippen MR) is 98.6 cm³/mol. The molecule has 5 heteroatoms. The van der Waals surface area contributed by atoms with Crippen LogP contribution >= 0.6 is 0 Å². The summed E-state index contributed by atoms with van der Waals surface area (Å²) in [4.78, 5) is 12.4. The molecule has 1 aliphatic carbocycles. The number of ether oxygens (including phenoxy) is 3. The molecule has 0 amide bonds. The molecule has 3 aliphatic rings. The molecule has 0 aromatic carbocycles. The first-order valence-electron chi connectivity index (χ1n) is 9.73. The lowest BCUT2D eigenvalue weighted by molar-refractivity contribution is -0.148. The van der Waals surface area contributed by atoms with Gasteiger partial charge in [-0.3, -0.25) is 4.79 Å². The van der Waals surface area contributed by atoms with Crippen molar-refractivity contribution in [2.75, 3.05) is 13.7 Å². The predicted octanol–water partition coefficient (Wildman–Crippen LogP) is 3.17. The minimum Gasteiger partial charge on any atom is -0.459 e. The van der Waals surface area contributed by atoms with Crippen LogP contribution in [0.1, 0.15) is 52.9 Å². The third-order valence-corrected chi connectivity index (χ3v) is 6.28. The second kappa shape index (κ2) is 7.83. The Balaban J connectivity index is 1.85. The molecule has 2 saturated heterocycles. The van der Waals surface area contributed by atoms with Gasteiger partial charge in [0.25, 0.3) is 0 Å². The fourth-order valence-corrected chi connectivity index (χ4v) is 4.35. The van der Waals surface area contributed by atoms with Crippen LogP contribution in [-0.2, 0) is 19.0 Å². The van der Waals surface area contributed by atoms with E-state index in [4.69, 9.17) is 14.2 Å². The number of aliphatic hydroxyl groups excluding tert-OH is 1. The number of allylic oxidation sites excluding steroid dienone is 3. The third-order valence-electron chi connectivity index (χ3n) is 6.28. The van der Waals surface area contributed by atoms with E-state index in [0.717, 1.165) is 31.3 Å². The van der Waals surface area contributed by atoms with Gasteiger partial charge in [0.05, 0.1) is 24.2 Å². The van der Waals surface area contributed by atoms with Crippen molar-refractivity contribution in [3.63, 3.8) is 0 Å². The van der Waals surface area contributed by atoms with E-state index in [1.165, 1.54) is 5.57 Å². The summed E-state index contributed by atoms with van der Waals surface area (Å²) in [5.74, 6) is -0.693. The number of carbonyl (C=O) groups excluding carboxylic acids is 1. The lowest BCUT2D eigenvalue weighted by atomic mass is 9.81. The molecule has 2 aliphatic heterocycles. The van der Waals surface area contributed by atoms with Crippen molar-refractivity contribution >= 4 is 5.97 Å². The topological polar surface area (TPSA) is 68.3 Å². The second-order valence-electron chi connectivity index (χ2n) is 8.30. The van der Waals surface area contributed by atoms with Gasteiger partial charge in [-0.05, 0) is 58.4 Å². The summed E-state index contributed by atoms with van der Waals surface area (Å²) in [5, 5.41) is 10.8. The Bertz CT molecular complexity index is 595. The van der Waals surface area contributed by atoms with Crippen molar-refractivity contribution in [1.82, 2.24) is 0 Å². The van der Waals surface area contributed by atoms with Gasteiger partial charge in [-0.15, -0.1) is 0 Å². The molecule has 6 atom stereocenters. The number of hydrogen-bond donors (Lipinski definition) is 1. The first-order valence-corrected chi connectivity index (χ1v) is 9.73. The first-order chi connectivity index (χ1) is 12.4. The molecule has 0 aromatic heterocycles. The van der Waals surface area contributed by atoms with Crippen molar-refractivity contribution in [1.29, 1.82) is 0 Å². The van der Waals surface area contributed by atoms with Gasteiger partial charge in [0, 0.05) is 13.0 Å². The molecular weight excluding hydrogens is 332 g/mol. The molecule has 26 heavy (non-hydrogen) atoms. The Kier molecular flexibility index (Phi) is 5.90. The molecule has 0 saturated carbocycles. The molecule has 0 aromatic rings. The molecular formula is C21H32O5. The molecule has 146 valence electrons. The van der Waals surface area contributed by atoms with E-state index in [1.807, 2.05) is 6.92 Å². The standard InChI is InChI=1S/C21H32O5/c1-13-7-5-9-14(2)18(22)19-15(16(12-24-4)20(23)25-19)11-17-21(3,26-17)10-6-8-13/h8-9,15-19,22H,5-7,10-12H2,1-4H3/b13-8+,14-9+/t15-,16-,17-,18-,19-,21-/m1/s1. The van der Waals surface area contributed by atoms with E-state index in [0.29, 0.717) is 13.0 Å². The van der Waals surface area contributed by atoms with Gasteiger partial charge in [-0.1, -0.05) is 17.7 Å². The molecule has 0 spiro atoms. The maximum absolute atomic E-state index is 12.4. The Hall–Kier alpha value is -1.17. The number of aliphatic hydroxyl groups is 1. The van der Waals surface area contributed by atoms with Gasteiger partial charge in [0.1, 0.15) is 12.2 Å². The van der Waals surface area contributed by atoms with Crippen LogP contribution in [0.4, 0.5) is 0 Å². The highest BCUT2D eigenvalue weighted by atomic mass is 16.6. The average Bonchev–Trinajstić information content (AvgIpc) is 3.12. The van der Waals surface area contributed by atoms with Gasteiger partial charge in [-0.2, -0.15) is 0 Å². The zero-order valence-corrected chi connectivity index (χ0v) is 16.4. The first kappa shape index (κ1) is 19.6. The Morgan fingerprint density at radius 3 is 2.81 bits per heavy atom. The molecule has 2 heterocycles. The van der Waals surface area contributed by atoms with E-state index < -0.39 is 12.2 Å². The number of epoxide rings is 1. The van der Waals surface area contributed by atoms with Crippen LogP contribution in [0, 0.1) is 11.8 Å². The maximum atomic E-state index is 12.4. The van der Waals surface area contributed by atoms with Crippen LogP contribution in [0.15, 0.2) is 23.3 Å². The van der Waals surface area contributed by atoms with Crippen LogP contribution in [0.3, 0.4) is 0 Å². The summed E-state index contributed by atoms with van der Waals surface area (Å²) in [6.45, 7) is 6.54. The van der Waals surface area contributed by atoms with Crippen LogP contribution in [0.25, 0.3) is 0 Å².